The molecule has 1 atom stereocenters. The SMILES string of the molecule is CC(=O)N(C1CCOCC1)C1CCCN(C(=O)C2CC2)C1. The van der Waals surface area contributed by atoms with Crippen molar-refractivity contribution in [3.8, 4) is 0 Å². The van der Waals surface area contributed by atoms with Crippen molar-refractivity contribution in [2.45, 2.75) is 57.5 Å². The van der Waals surface area contributed by atoms with Crippen molar-refractivity contribution in [3.05, 3.63) is 0 Å². The number of hydrogen-bond donors (Lipinski definition) is 0. The Balaban J connectivity index is 1.66. The molecule has 2 heterocycles. The van der Waals surface area contributed by atoms with Crippen molar-refractivity contribution >= 4 is 11.8 Å². The molecule has 118 valence electrons. The van der Waals surface area contributed by atoms with E-state index in [1.165, 1.54) is 0 Å². The number of carbonyl (C=O) groups is 2. The summed E-state index contributed by atoms with van der Waals surface area (Å²) in [5.74, 6) is 0.736. The molecule has 1 saturated carbocycles. The third-order valence-corrected chi connectivity index (χ3v) is 4.98. The fraction of sp³-hybridized carbons (Fsp3) is 0.875. The number of ether oxygens (including phenoxy) is 1. The molecule has 2 aliphatic heterocycles. The minimum absolute atomic E-state index is 0.146. The van der Waals surface area contributed by atoms with Crippen LogP contribution in [-0.4, -0.2) is 60.0 Å². The standard InChI is InChI=1S/C16H26N2O3/c1-12(19)18(14-6-9-21-10-7-14)15-3-2-8-17(11-15)16(20)13-4-5-13/h13-15H,2-11H2,1H3. The first kappa shape index (κ1) is 14.8. The van der Waals surface area contributed by atoms with Crippen LogP contribution in [0, 0.1) is 5.92 Å². The van der Waals surface area contributed by atoms with Crippen molar-refractivity contribution in [1.82, 2.24) is 9.80 Å². The molecule has 0 bridgehead atoms. The Morgan fingerprint density at radius 3 is 2.38 bits per heavy atom. The van der Waals surface area contributed by atoms with E-state index in [1.807, 2.05) is 4.90 Å². The van der Waals surface area contributed by atoms with E-state index in [4.69, 9.17) is 4.74 Å². The Morgan fingerprint density at radius 1 is 1.05 bits per heavy atom. The van der Waals surface area contributed by atoms with Gasteiger partial charge in [-0.05, 0) is 38.5 Å². The largest absolute Gasteiger partial charge is 0.381 e. The van der Waals surface area contributed by atoms with Crippen LogP contribution in [-0.2, 0) is 14.3 Å². The summed E-state index contributed by atoms with van der Waals surface area (Å²) >= 11 is 0. The number of piperidine rings is 1. The van der Waals surface area contributed by atoms with E-state index in [2.05, 4.69) is 4.90 Å². The van der Waals surface area contributed by atoms with Crippen LogP contribution in [0.2, 0.25) is 0 Å². The maximum absolute atomic E-state index is 12.3. The zero-order valence-corrected chi connectivity index (χ0v) is 12.9. The van der Waals surface area contributed by atoms with Gasteiger partial charge in [-0.15, -0.1) is 0 Å². The van der Waals surface area contributed by atoms with Gasteiger partial charge in [-0.1, -0.05) is 0 Å². The molecule has 0 radical (unpaired) electrons. The van der Waals surface area contributed by atoms with E-state index in [9.17, 15) is 9.59 Å². The van der Waals surface area contributed by atoms with Crippen molar-refractivity contribution in [3.63, 3.8) is 0 Å². The molecule has 5 nitrogen and oxygen atoms in total. The predicted octanol–water partition coefficient (Wildman–Crippen LogP) is 1.41. The second kappa shape index (κ2) is 6.34. The van der Waals surface area contributed by atoms with Crippen LogP contribution in [0.1, 0.15) is 45.4 Å². The molecule has 1 unspecified atom stereocenters. The summed E-state index contributed by atoms with van der Waals surface area (Å²) in [6.45, 7) is 4.74. The molecule has 1 aliphatic carbocycles. The fourth-order valence-electron chi connectivity index (χ4n) is 3.75. The van der Waals surface area contributed by atoms with E-state index in [1.54, 1.807) is 6.92 Å². The van der Waals surface area contributed by atoms with Crippen molar-refractivity contribution in [2.75, 3.05) is 26.3 Å². The summed E-state index contributed by atoms with van der Waals surface area (Å²) in [6.07, 6.45) is 5.98. The molecule has 0 aromatic heterocycles. The van der Waals surface area contributed by atoms with E-state index in [0.717, 1.165) is 64.8 Å². The number of nitrogens with zero attached hydrogens (tertiary/aromatic N) is 2. The smallest absolute Gasteiger partial charge is 0.225 e. The lowest BCUT2D eigenvalue weighted by molar-refractivity contribution is -0.143. The summed E-state index contributed by atoms with van der Waals surface area (Å²) in [5, 5.41) is 0. The number of likely N-dealkylation sites (tertiary alicyclic amines) is 1. The average molecular weight is 294 g/mol. The summed E-state index contributed by atoms with van der Waals surface area (Å²) in [5.41, 5.74) is 0. The molecule has 0 N–H and O–H groups in total. The molecular formula is C16H26N2O3. The van der Waals surface area contributed by atoms with Crippen LogP contribution in [0.3, 0.4) is 0 Å². The van der Waals surface area contributed by atoms with E-state index in [0.29, 0.717) is 5.91 Å². The van der Waals surface area contributed by atoms with Gasteiger partial charge in [-0.3, -0.25) is 9.59 Å². The highest BCUT2D eigenvalue weighted by Crippen LogP contribution is 2.32. The number of rotatable bonds is 3. The first-order valence-electron chi connectivity index (χ1n) is 8.32. The normalized spacial score (nSPS) is 27.5. The van der Waals surface area contributed by atoms with E-state index in [-0.39, 0.29) is 23.9 Å². The van der Waals surface area contributed by atoms with E-state index >= 15 is 0 Å². The first-order valence-corrected chi connectivity index (χ1v) is 8.32. The zero-order chi connectivity index (χ0) is 14.8. The topological polar surface area (TPSA) is 49.9 Å². The van der Waals surface area contributed by atoms with Crippen LogP contribution in [0.4, 0.5) is 0 Å². The van der Waals surface area contributed by atoms with Crippen molar-refractivity contribution in [2.24, 2.45) is 5.92 Å². The minimum Gasteiger partial charge on any atom is -0.381 e. The van der Waals surface area contributed by atoms with Gasteiger partial charge < -0.3 is 14.5 Å². The Labute approximate surface area is 126 Å². The molecule has 3 fully saturated rings. The number of hydrogen-bond acceptors (Lipinski definition) is 3. The van der Waals surface area contributed by atoms with Gasteiger partial charge in [-0.25, -0.2) is 0 Å². The maximum atomic E-state index is 12.3. The Hall–Kier alpha value is -1.10. The minimum atomic E-state index is 0.146. The summed E-state index contributed by atoms with van der Waals surface area (Å²) in [7, 11) is 0. The maximum Gasteiger partial charge on any atom is 0.225 e. The van der Waals surface area contributed by atoms with Gasteiger partial charge in [0.05, 0.1) is 0 Å². The van der Waals surface area contributed by atoms with Gasteiger partial charge in [0.15, 0.2) is 0 Å². The molecule has 3 rings (SSSR count). The number of carbonyl (C=O) groups excluding carboxylic acids is 2. The third kappa shape index (κ3) is 3.39. The van der Waals surface area contributed by atoms with Crippen LogP contribution in [0.5, 0.6) is 0 Å². The molecule has 5 heteroatoms. The average Bonchev–Trinajstić information content (AvgIpc) is 3.32. The van der Waals surface area contributed by atoms with E-state index < -0.39 is 0 Å². The quantitative estimate of drug-likeness (QED) is 0.791. The highest BCUT2D eigenvalue weighted by molar-refractivity contribution is 5.81. The van der Waals surface area contributed by atoms with Crippen LogP contribution in [0.25, 0.3) is 0 Å². The molecule has 21 heavy (non-hydrogen) atoms. The monoisotopic (exact) mass is 294 g/mol. The van der Waals surface area contributed by atoms with Gasteiger partial charge in [0.25, 0.3) is 0 Å². The summed E-state index contributed by atoms with van der Waals surface area (Å²) in [6, 6.07) is 0.485. The summed E-state index contributed by atoms with van der Waals surface area (Å²) < 4.78 is 5.41. The molecule has 2 saturated heterocycles. The van der Waals surface area contributed by atoms with Gasteiger partial charge >= 0.3 is 0 Å². The highest BCUT2D eigenvalue weighted by atomic mass is 16.5. The second-order valence-electron chi connectivity index (χ2n) is 6.62. The lowest BCUT2D eigenvalue weighted by atomic mass is 9.98. The lowest BCUT2D eigenvalue weighted by Crippen LogP contribution is -2.55. The van der Waals surface area contributed by atoms with Crippen LogP contribution < -0.4 is 0 Å². The zero-order valence-electron chi connectivity index (χ0n) is 12.9. The lowest BCUT2D eigenvalue weighted by Gasteiger charge is -2.44. The molecule has 3 aliphatic rings. The first-order chi connectivity index (χ1) is 10.2. The van der Waals surface area contributed by atoms with Crippen molar-refractivity contribution in [1.29, 1.82) is 0 Å². The summed E-state index contributed by atoms with van der Waals surface area (Å²) in [4.78, 5) is 28.5. The molecule has 2 amide bonds. The molecular weight excluding hydrogens is 268 g/mol. The molecule has 0 aromatic carbocycles. The van der Waals surface area contributed by atoms with Gasteiger partial charge in [-0.2, -0.15) is 0 Å². The van der Waals surface area contributed by atoms with Crippen molar-refractivity contribution < 1.29 is 14.3 Å². The third-order valence-electron chi connectivity index (χ3n) is 4.98. The number of amides is 2. The second-order valence-corrected chi connectivity index (χ2v) is 6.62. The highest BCUT2D eigenvalue weighted by Gasteiger charge is 2.38. The molecule has 0 spiro atoms. The molecule has 0 aromatic rings. The Kier molecular flexibility index (Phi) is 4.48. The van der Waals surface area contributed by atoms with Gasteiger partial charge in [0.1, 0.15) is 0 Å². The van der Waals surface area contributed by atoms with Gasteiger partial charge in [0.2, 0.25) is 11.8 Å². The van der Waals surface area contributed by atoms with Crippen LogP contribution in [0.15, 0.2) is 0 Å². The Bertz CT molecular complexity index is 402. The Morgan fingerprint density at radius 2 is 1.76 bits per heavy atom. The fourth-order valence-corrected chi connectivity index (χ4v) is 3.75. The van der Waals surface area contributed by atoms with Crippen LogP contribution >= 0.6 is 0 Å². The predicted molar refractivity (Wildman–Crippen MR) is 78.7 cm³/mol. The van der Waals surface area contributed by atoms with Gasteiger partial charge in [0, 0.05) is 51.2 Å².